The first-order valence-electron chi connectivity index (χ1n) is 7.23. The number of hydrogen-bond acceptors (Lipinski definition) is 4. The molecule has 2 aromatic rings. The Bertz CT molecular complexity index is 647. The second-order valence-electron chi connectivity index (χ2n) is 5.24. The summed E-state index contributed by atoms with van der Waals surface area (Å²) in [7, 11) is 0. The van der Waals surface area contributed by atoms with Gasteiger partial charge < -0.3 is 9.47 Å². The quantitative estimate of drug-likeness (QED) is 0.724. The lowest BCUT2D eigenvalue weighted by Crippen LogP contribution is -2.39. The minimum Gasteiger partial charge on any atom is -0.466 e. The number of rotatable bonds is 7. The first-order valence-corrected chi connectivity index (χ1v) is 7.23. The molecule has 1 aromatic carbocycles. The smallest absolute Gasteiger partial charge is 0.303 e. The molecule has 0 radical (unpaired) electrons. The Morgan fingerprint density at radius 2 is 1.92 bits per heavy atom. The summed E-state index contributed by atoms with van der Waals surface area (Å²) in [4.78, 5) is 15.2. The molecule has 0 amide bonds. The Labute approximate surface area is 137 Å². The minimum atomic E-state index is -2.72. The molecule has 24 heavy (non-hydrogen) atoms. The van der Waals surface area contributed by atoms with Crippen molar-refractivity contribution in [2.24, 2.45) is 5.92 Å². The molecule has 5 nitrogen and oxygen atoms in total. The van der Waals surface area contributed by atoms with Crippen LogP contribution in [0.5, 0.6) is 5.75 Å². The van der Waals surface area contributed by atoms with Gasteiger partial charge in [-0.1, -0.05) is 6.92 Å². The summed E-state index contributed by atoms with van der Waals surface area (Å²) in [5.41, 5.74) is 0. The summed E-state index contributed by atoms with van der Waals surface area (Å²) in [6.07, 6.45) is -0.755. The highest BCUT2D eigenvalue weighted by Gasteiger charge is 2.37. The molecule has 3 unspecified atom stereocenters. The van der Waals surface area contributed by atoms with Crippen molar-refractivity contribution in [3.63, 3.8) is 0 Å². The van der Waals surface area contributed by atoms with Gasteiger partial charge in [-0.3, -0.25) is 9.36 Å². The van der Waals surface area contributed by atoms with Crippen molar-refractivity contribution in [2.75, 3.05) is 0 Å². The Morgan fingerprint density at radius 3 is 2.42 bits per heavy atom. The molecule has 0 aliphatic rings. The molecule has 0 saturated heterocycles. The Balaban J connectivity index is 2.35. The first kappa shape index (κ1) is 17.8. The van der Waals surface area contributed by atoms with Crippen molar-refractivity contribution in [3.05, 3.63) is 48.8 Å². The number of alkyl halides is 2. The van der Waals surface area contributed by atoms with E-state index in [0.29, 0.717) is 0 Å². The summed E-state index contributed by atoms with van der Waals surface area (Å²) < 4.78 is 51.6. The number of hydrogen-bond donors (Lipinski definition) is 0. The summed E-state index contributed by atoms with van der Waals surface area (Å²) in [5.74, 6) is -2.21. The predicted octanol–water partition coefficient (Wildman–Crippen LogP) is 3.43. The Kier molecular flexibility index (Phi) is 5.83. The molecule has 0 bridgehead atoms. The lowest BCUT2D eigenvalue weighted by molar-refractivity contribution is -0.165. The zero-order valence-electron chi connectivity index (χ0n) is 13.1. The highest BCUT2D eigenvalue weighted by Crippen LogP contribution is 2.29. The third-order valence-electron chi connectivity index (χ3n) is 3.39. The number of carbonyl (C=O) groups is 1. The van der Waals surface area contributed by atoms with Crippen LogP contribution < -0.4 is 4.74 Å². The van der Waals surface area contributed by atoms with E-state index in [1.54, 1.807) is 0 Å². The average Bonchev–Trinajstić information content (AvgIpc) is 3.05. The number of aromatic nitrogens is 2. The predicted molar refractivity (Wildman–Crippen MR) is 79.0 cm³/mol. The van der Waals surface area contributed by atoms with E-state index in [0.717, 1.165) is 6.92 Å². The Hall–Kier alpha value is -2.51. The number of carbonyl (C=O) groups excluding carboxylic acids is 1. The molecule has 1 heterocycles. The molecule has 0 aliphatic heterocycles. The van der Waals surface area contributed by atoms with Gasteiger partial charge in [-0.2, -0.15) is 0 Å². The summed E-state index contributed by atoms with van der Waals surface area (Å²) >= 11 is 0. The second kappa shape index (κ2) is 7.85. The van der Waals surface area contributed by atoms with Crippen molar-refractivity contribution in [1.82, 2.24) is 9.55 Å². The number of esters is 1. The van der Waals surface area contributed by atoms with Gasteiger partial charge in [0.25, 0.3) is 0 Å². The van der Waals surface area contributed by atoms with Crippen molar-refractivity contribution in [3.8, 4) is 5.75 Å². The highest BCUT2D eigenvalue weighted by atomic mass is 19.3. The van der Waals surface area contributed by atoms with Crippen molar-refractivity contribution in [2.45, 2.75) is 32.6 Å². The standard InChI is InChI=1S/C16H17F3N2O3/c1-10(15(18)19)14(23-11(2)22)16(21-8-7-20-9-21)24-13-5-3-12(17)4-6-13/h3-10,14-16H,1-2H3. The van der Waals surface area contributed by atoms with E-state index in [2.05, 4.69) is 4.98 Å². The van der Waals surface area contributed by atoms with Crippen LogP contribution in [0.25, 0.3) is 0 Å². The molecule has 8 heteroatoms. The molecule has 0 aliphatic carbocycles. The van der Waals surface area contributed by atoms with Crippen LogP contribution in [0.1, 0.15) is 20.1 Å². The molecule has 3 atom stereocenters. The third-order valence-corrected chi connectivity index (χ3v) is 3.39. The summed E-state index contributed by atoms with van der Waals surface area (Å²) in [5, 5.41) is 0. The van der Waals surface area contributed by atoms with Crippen LogP contribution in [0.4, 0.5) is 13.2 Å². The zero-order chi connectivity index (χ0) is 17.7. The molecule has 0 saturated carbocycles. The molecule has 0 fully saturated rings. The third kappa shape index (κ3) is 4.50. The van der Waals surface area contributed by atoms with Gasteiger partial charge in [-0.15, -0.1) is 0 Å². The van der Waals surface area contributed by atoms with Gasteiger partial charge in [0.1, 0.15) is 11.6 Å². The maximum Gasteiger partial charge on any atom is 0.303 e. The molecule has 1 aromatic heterocycles. The van der Waals surface area contributed by atoms with E-state index in [4.69, 9.17) is 9.47 Å². The van der Waals surface area contributed by atoms with E-state index in [1.807, 2.05) is 0 Å². The van der Waals surface area contributed by atoms with Crippen molar-refractivity contribution < 1.29 is 27.4 Å². The minimum absolute atomic E-state index is 0.244. The van der Waals surface area contributed by atoms with E-state index in [9.17, 15) is 18.0 Å². The second-order valence-corrected chi connectivity index (χ2v) is 5.24. The first-order chi connectivity index (χ1) is 11.4. The zero-order valence-corrected chi connectivity index (χ0v) is 13.1. The summed E-state index contributed by atoms with van der Waals surface area (Å²) in [6.45, 7) is 2.39. The Morgan fingerprint density at radius 1 is 1.25 bits per heavy atom. The van der Waals surface area contributed by atoms with Gasteiger partial charge in [0.2, 0.25) is 12.7 Å². The number of benzene rings is 1. The van der Waals surface area contributed by atoms with Gasteiger partial charge in [0.15, 0.2) is 6.10 Å². The van der Waals surface area contributed by atoms with Crippen LogP contribution in [-0.2, 0) is 9.53 Å². The van der Waals surface area contributed by atoms with Gasteiger partial charge in [-0.05, 0) is 24.3 Å². The number of halogens is 3. The van der Waals surface area contributed by atoms with E-state index in [-0.39, 0.29) is 5.75 Å². The van der Waals surface area contributed by atoms with Crippen molar-refractivity contribution in [1.29, 1.82) is 0 Å². The molecule has 130 valence electrons. The monoisotopic (exact) mass is 342 g/mol. The van der Waals surface area contributed by atoms with E-state index < -0.39 is 36.5 Å². The molecular formula is C16H17F3N2O3. The normalized spacial score (nSPS) is 14.9. The summed E-state index contributed by atoms with van der Waals surface area (Å²) in [6, 6.07) is 5.07. The maximum atomic E-state index is 13.2. The largest absolute Gasteiger partial charge is 0.466 e. The topological polar surface area (TPSA) is 53.4 Å². The van der Waals surface area contributed by atoms with Gasteiger partial charge >= 0.3 is 5.97 Å². The molecule has 2 rings (SSSR count). The van der Waals surface area contributed by atoms with Crippen LogP contribution in [0.3, 0.4) is 0 Å². The van der Waals surface area contributed by atoms with E-state index in [1.165, 1.54) is 54.5 Å². The van der Waals surface area contributed by atoms with Gasteiger partial charge in [0.05, 0.1) is 12.2 Å². The average molecular weight is 342 g/mol. The van der Waals surface area contributed by atoms with Crippen LogP contribution in [0.15, 0.2) is 43.0 Å². The van der Waals surface area contributed by atoms with Gasteiger partial charge in [-0.25, -0.2) is 18.2 Å². The SMILES string of the molecule is CC(=O)OC(C(C)C(F)F)C(Oc1ccc(F)cc1)n1ccnc1. The fourth-order valence-corrected chi connectivity index (χ4v) is 2.13. The number of ether oxygens (including phenoxy) is 2. The van der Waals surface area contributed by atoms with E-state index >= 15 is 0 Å². The van der Waals surface area contributed by atoms with Gasteiger partial charge in [0, 0.05) is 19.3 Å². The number of nitrogens with zero attached hydrogens (tertiary/aromatic N) is 2. The van der Waals surface area contributed by atoms with Crippen LogP contribution in [0, 0.1) is 11.7 Å². The molecule has 0 N–H and O–H groups in total. The highest BCUT2D eigenvalue weighted by molar-refractivity contribution is 5.66. The van der Waals surface area contributed by atoms with Crippen molar-refractivity contribution >= 4 is 5.97 Å². The van der Waals surface area contributed by atoms with Crippen LogP contribution in [0.2, 0.25) is 0 Å². The number of imidazole rings is 1. The lowest BCUT2D eigenvalue weighted by Gasteiger charge is -2.31. The fourth-order valence-electron chi connectivity index (χ4n) is 2.13. The lowest BCUT2D eigenvalue weighted by atomic mass is 10.0. The van der Waals surface area contributed by atoms with Crippen LogP contribution >= 0.6 is 0 Å². The molecule has 0 spiro atoms. The maximum absolute atomic E-state index is 13.2. The fraction of sp³-hybridized carbons (Fsp3) is 0.375. The van der Waals surface area contributed by atoms with Crippen LogP contribution in [-0.4, -0.2) is 28.0 Å². The molecular weight excluding hydrogens is 325 g/mol.